The first-order chi connectivity index (χ1) is 9.65. The number of nitrogens with one attached hydrogen (secondary N) is 1. The lowest BCUT2D eigenvalue weighted by Gasteiger charge is -2.16. The molecule has 2 aromatic carbocycles. The highest BCUT2D eigenvalue weighted by molar-refractivity contribution is 9.10. The summed E-state index contributed by atoms with van der Waals surface area (Å²) in [5, 5.41) is 13.7. The van der Waals surface area contributed by atoms with E-state index in [-0.39, 0.29) is 12.2 Å². The molecule has 104 valence electrons. The lowest BCUT2D eigenvalue weighted by molar-refractivity contribution is 0.178. The second-order valence-corrected chi connectivity index (χ2v) is 5.93. The maximum Gasteiger partial charge on any atom is 0.127 e. The molecule has 0 bridgehead atoms. The van der Waals surface area contributed by atoms with Crippen molar-refractivity contribution in [2.24, 2.45) is 0 Å². The second-order valence-electron chi connectivity index (χ2n) is 5.01. The lowest BCUT2D eigenvalue weighted by atomic mass is 9.97. The first-order valence-electron chi connectivity index (χ1n) is 6.63. The van der Waals surface area contributed by atoms with Crippen LogP contribution in [-0.2, 0) is 12.8 Å². The average molecular weight is 336 g/mol. The van der Waals surface area contributed by atoms with Crippen LogP contribution in [0.2, 0.25) is 0 Å². The summed E-state index contributed by atoms with van der Waals surface area (Å²) >= 11 is 3.24. The van der Waals surface area contributed by atoms with Gasteiger partial charge in [-0.05, 0) is 29.7 Å². The fourth-order valence-corrected chi connectivity index (χ4v) is 2.98. The molecule has 0 amide bonds. The molecule has 20 heavy (non-hydrogen) atoms. The van der Waals surface area contributed by atoms with Gasteiger partial charge in [-0.3, -0.25) is 0 Å². The van der Waals surface area contributed by atoms with Crippen molar-refractivity contribution in [2.45, 2.75) is 18.9 Å². The van der Waals surface area contributed by atoms with Gasteiger partial charge in [0, 0.05) is 28.7 Å². The molecule has 0 fully saturated rings. The zero-order valence-electron chi connectivity index (χ0n) is 10.9. The Hall–Kier alpha value is -1.39. The summed E-state index contributed by atoms with van der Waals surface area (Å²) in [7, 11) is 0. The van der Waals surface area contributed by atoms with Crippen LogP contribution >= 0.6 is 15.9 Å². The van der Waals surface area contributed by atoms with Crippen LogP contribution in [-0.4, -0.2) is 11.7 Å². The minimum Gasteiger partial charge on any atom is -0.388 e. The monoisotopic (exact) mass is 335 g/mol. The molecular formula is C16H15BrFNO. The van der Waals surface area contributed by atoms with Gasteiger partial charge in [-0.25, -0.2) is 4.39 Å². The molecule has 1 aliphatic rings. The van der Waals surface area contributed by atoms with Gasteiger partial charge in [0.2, 0.25) is 0 Å². The van der Waals surface area contributed by atoms with Crippen LogP contribution in [0.5, 0.6) is 0 Å². The van der Waals surface area contributed by atoms with Gasteiger partial charge in [0.05, 0.1) is 6.10 Å². The molecular weight excluding hydrogens is 321 g/mol. The standard InChI is InChI=1S/C16H15BrFNO/c17-12-5-4-11(14(18)9-12)8-15(20)13-3-1-2-10-6-7-19-16(10)13/h1-5,9,15,19-20H,6-8H2. The fourth-order valence-electron chi connectivity index (χ4n) is 2.65. The van der Waals surface area contributed by atoms with Crippen molar-refractivity contribution < 1.29 is 9.50 Å². The highest BCUT2D eigenvalue weighted by atomic mass is 79.9. The van der Waals surface area contributed by atoms with Crippen molar-refractivity contribution in [3.8, 4) is 0 Å². The molecule has 1 heterocycles. The van der Waals surface area contributed by atoms with Crippen LogP contribution in [0.4, 0.5) is 10.1 Å². The van der Waals surface area contributed by atoms with E-state index in [0.717, 1.165) is 24.2 Å². The maximum absolute atomic E-state index is 13.8. The molecule has 0 saturated heterocycles. The summed E-state index contributed by atoms with van der Waals surface area (Å²) in [6.07, 6.45) is 0.547. The Bertz CT molecular complexity index is 644. The number of fused-ring (bicyclic) bond motifs is 1. The largest absolute Gasteiger partial charge is 0.388 e. The molecule has 4 heteroatoms. The molecule has 1 unspecified atom stereocenters. The van der Waals surface area contributed by atoms with Crippen LogP contribution in [0.1, 0.15) is 22.8 Å². The number of rotatable bonds is 3. The Morgan fingerprint density at radius 2 is 2.15 bits per heavy atom. The number of anilines is 1. The van der Waals surface area contributed by atoms with Crippen LogP contribution in [0, 0.1) is 5.82 Å². The van der Waals surface area contributed by atoms with Gasteiger partial charge in [0.1, 0.15) is 5.82 Å². The smallest absolute Gasteiger partial charge is 0.127 e. The molecule has 2 aromatic rings. The maximum atomic E-state index is 13.8. The zero-order chi connectivity index (χ0) is 14.1. The van der Waals surface area contributed by atoms with Crippen molar-refractivity contribution in [1.29, 1.82) is 0 Å². The van der Waals surface area contributed by atoms with Gasteiger partial charge >= 0.3 is 0 Å². The van der Waals surface area contributed by atoms with Gasteiger partial charge in [0.25, 0.3) is 0 Å². The van der Waals surface area contributed by atoms with E-state index in [9.17, 15) is 9.50 Å². The highest BCUT2D eigenvalue weighted by Crippen LogP contribution is 2.32. The minimum absolute atomic E-state index is 0.275. The SMILES string of the molecule is OC(Cc1ccc(Br)cc1F)c1cccc2c1NCC2. The van der Waals surface area contributed by atoms with E-state index in [1.165, 1.54) is 11.6 Å². The van der Waals surface area contributed by atoms with Crippen LogP contribution in [0.25, 0.3) is 0 Å². The first-order valence-corrected chi connectivity index (χ1v) is 7.42. The molecule has 2 nitrogen and oxygen atoms in total. The third kappa shape index (κ3) is 2.58. The predicted molar refractivity (Wildman–Crippen MR) is 81.4 cm³/mol. The number of aliphatic hydroxyl groups excluding tert-OH is 1. The van der Waals surface area contributed by atoms with Crippen molar-refractivity contribution in [3.05, 3.63) is 63.4 Å². The Balaban J connectivity index is 1.86. The predicted octanol–water partition coefficient (Wildman–Crippen LogP) is 3.83. The molecule has 1 atom stereocenters. The van der Waals surface area contributed by atoms with Gasteiger partial charge in [-0.15, -0.1) is 0 Å². The number of benzene rings is 2. The first kappa shape index (κ1) is 13.6. The molecule has 3 rings (SSSR count). The third-order valence-electron chi connectivity index (χ3n) is 3.67. The Morgan fingerprint density at radius 1 is 1.30 bits per heavy atom. The fraction of sp³-hybridized carbons (Fsp3) is 0.250. The highest BCUT2D eigenvalue weighted by Gasteiger charge is 2.20. The van der Waals surface area contributed by atoms with Crippen molar-refractivity contribution >= 4 is 21.6 Å². The van der Waals surface area contributed by atoms with Gasteiger partial charge in [-0.1, -0.05) is 40.2 Å². The molecule has 1 aliphatic heterocycles. The van der Waals surface area contributed by atoms with E-state index < -0.39 is 6.10 Å². The van der Waals surface area contributed by atoms with Crippen molar-refractivity contribution in [3.63, 3.8) is 0 Å². The normalized spacial score (nSPS) is 14.8. The quantitative estimate of drug-likeness (QED) is 0.893. The lowest BCUT2D eigenvalue weighted by Crippen LogP contribution is -2.06. The Morgan fingerprint density at radius 3 is 2.95 bits per heavy atom. The van der Waals surface area contributed by atoms with Gasteiger partial charge in [-0.2, -0.15) is 0 Å². The summed E-state index contributed by atoms with van der Waals surface area (Å²) in [5.41, 5.74) is 3.61. The van der Waals surface area contributed by atoms with Gasteiger partial charge in [0.15, 0.2) is 0 Å². The topological polar surface area (TPSA) is 32.3 Å². The van der Waals surface area contributed by atoms with E-state index in [0.29, 0.717) is 10.0 Å². The number of para-hydroxylation sites is 1. The van der Waals surface area contributed by atoms with Gasteiger partial charge < -0.3 is 10.4 Å². The van der Waals surface area contributed by atoms with Crippen molar-refractivity contribution in [2.75, 3.05) is 11.9 Å². The number of hydrogen-bond acceptors (Lipinski definition) is 2. The zero-order valence-corrected chi connectivity index (χ0v) is 12.5. The van der Waals surface area contributed by atoms with E-state index in [1.807, 2.05) is 12.1 Å². The Labute approximate surface area is 125 Å². The summed E-state index contributed by atoms with van der Waals surface area (Å²) in [4.78, 5) is 0. The minimum atomic E-state index is -0.703. The van der Waals surface area contributed by atoms with Crippen LogP contribution in [0.3, 0.4) is 0 Å². The Kier molecular flexibility index (Phi) is 3.76. The van der Waals surface area contributed by atoms with E-state index in [1.54, 1.807) is 12.1 Å². The van der Waals surface area contributed by atoms with E-state index >= 15 is 0 Å². The molecule has 0 radical (unpaired) electrons. The second kappa shape index (κ2) is 5.54. The summed E-state index contributed by atoms with van der Waals surface area (Å²) < 4.78 is 14.5. The van der Waals surface area contributed by atoms with Crippen molar-refractivity contribution in [1.82, 2.24) is 0 Å². The summed E-state index contributed by atoms with van der Waals surface area (Å²) in [6.45, 7) is 0.895. The molecule has 0 saturated carbocycles. The number of halogens is 2. The molecule has 0 aliphatic carbocycles. The molecule has 0 spiro atoms. The van der Waals surface area contributed by atoms with Crippen LogP contribution in [0.15, 0.2) is 40.9 Å². The average Bonchev–Trinajstić information content (AvgIpc) is 2.90. The van der Waals surface area contributed by atoms with E-state index in [4.69, 9.17) is 0 Å². The number of hydrogen-bond donors (Lipinski definition) is 2. The summed E-state index contributed by atoms with van der Waals surface area (Å²) in [5.74, 6) is -0.293. The molecule has 0 aromatic heterocycles. The van der Waals surface area contributed by atoms with Crippen LogP contribution < -0.4 is 5.32 Å². The van der Waals surface area contributed by atoms with E-state index in [2.05, 4.69) is 27.3 Å². The third-order valence-corrected chi connectivity index (χ3v) is 4.16. The number of aliphatic hydroxyl groups is 1. The summed E-state index contributed by atoms with van der Waals surface area (Å²) in [6, 6.07) is 10.8. The molecule has 2 N–H and O–H groups in total.